The predicted molar refractivity (Wildman–Crippen MR) is 358 cm³/mol. The van der Waals surface area contributed by atoms with Gasteiger partial charge >= 0.3 is 23.9 Å². The summed E-state index contributed by atoms with van der Waals surface area (Å²) in [6.07, 6.45) is 5.81. The number of rotatable bonds is 20. The van der Waals surface area contributed by atoms with E-state index in [4.69, 9.17) is 28.9 Å². The summed E-state index contributed by atoms with van der Waals surface area (Å²) in [5.41, 5.74) is 10.6. The van der Waals surface area contributed by atoms with Gasteiger partial charge in [-0.25, -0.2) is 9.97 Å². The minimum absolute atomic E-state index is 0.352. The number of aromatic nitrogens is 4. The number of amides is 4. The summed E-state index contributed by atoms with van der Waals surface area (Å²) < 4.78 is 21.9. The zero-order valence-electron chi connectivity index (χ0n) is 53.6. The molecule has 0 unspecified atom stereocenters. The number of hydrogen-bond donors (Lipinski definition) is 2. The molecule has 0 spiro atoms. The SMILES string of the molecule is CC(=O)N(CC(=O)OC(C)C)c1cccc(-c2c3nc(c(-c4cccc(N(CC(=O)OC(C)C)C(C)=O)c4)c4ccc([nH]4)c(-c4cccc(N(CC(=O)OC(C)C)C(C)=O)c4)c4nc(c(-c5cccc(N(CC(=O)OC(C)C)C(C)=O)c5)c5ccc2[nH]5)C=C4)C=C3)c1. The molecule has 9 rings (SSSR count). The van der Waals surface area contributed by atoms with Crippen LogP contribution in [0.5, 0.6) is 0 Å². The Morgan fingerprint density at radius 2 is 0.543 bits per heavy atom. The highest BCUT2D eigenvalue weighted by Gasteiger charge is 2.26. The predicted octanol–water partition coefficient (Wildman–Crippen LogP) is 12.5. The second-order valence-corrected chi connectivity index (χ2v) is 23.3. The van der Waals surface area contributed by atoms with Crippen molar-refractivity contribution in [2.75, 3.05) is 45.8 Å². The maximum absolute atomic E-state index is 13.5. The van der Waals surface area contributed by atoms with E-state index in [1.165, 1.54) is 47.3 Å². The average Bonchev–Trinajstić information content (AvgIpc) is 1.59. The van der Waals surface area contributed by atoms with Crippen molar-refractivity contribution < 1.29 is 57.3 Å². The maximum atomic E-state index is 13.5. The first kappa shape index (κ1) is 65.7. The second kappa shape index (κ2) is 28.4. The van der Waals surface area contributed by atoms with Crippen LogP contribution in [0.15, 0.2) is 121 Å². The Labute approximate surface area is 533 Å². The number of hydrogen-bond acceptors (Lipinski definition) is 14. The number of nitrogens with one attached hydrogen (secondary N) is 2. The summed E-state index contributed by atoms with van der Waals surface area (Å²) in [5, 5.41) is 0. The molecule has 20 heteroatoms. The Morgan fingerprint density at radius 3 is 0.728 bits per heavy atom. The molecule has 3 aromatic heterocycles. The molecule has 7 aromatic rings. The van der Waals surface area contributed by atoms with Gasteiger partial charge in [0.15, 0.2) is 0 Å². The van der Waals surface area contributed by atoms with Gasteiger partial charge in [-0.2, -0.15) is 0 Å². The van der Waals surface area contributed by atoms with Crippen LogP contribution in [0.3, 0.4) is 0 Å². The van der Waals surface area contributed by atoms with E-state index in [-0.39, 0.29) is 26.2 Å². The lowest BCUT2D eigenvalue weighted by Crippen LogP contribution is -2.35. The van der Waals surface area contributed by atoms with E-state index in [1.54, 1.807) is 128 Å². The van der Waals surface area contributed by atoms with Crippen LogP contribution >= 0.6 is 0 Å². The van der Waals surface area contributed by atoms with Crippen LogP contribution in [-0.4, -0.2) is 118 Å². The fourth-order valence-corrected chi connectivity index (χ4v) is 11.0. The van der Waals surface area contributed by atoms with Gasteiger partial charge in [-0.05, 0) is 175 Å². The van der Waals surface area contributed by atoms with Crippen molar-refractivity contribution in [1.29, 1.82) is 0 Å². The van der Waals surface area contributed by atoms with Gasteiger partial charge in [-0.3, -0.25) is 38.4 Å². The van der Waals surface area contributed by atoms with Crippen LogP contribution in [-0.2, 0) is 57.3 Å². The number of benzene rings is 4. The molecule has 4 amide bonds. The molecule has 2 N–H and O–H groups in total. The molecule has 0 radical (unpaired) electrons. The number of esters is 4. The number of anilines is 4. The van der Waals surface area contributed by atoms with Crippen LogP contribution in [0.4, 0.5) is 22.7 Å². The van der Waals surface area contributed by atoms with Crippen molar-refractivity contribution in [3.63, 3.8) is 0 Å². The lowest BCUT2D eigenvalue weighted by atomic mass is 10.0. The largest absolute Gasteiger partial charge is 0.462 e. The standard InChI is InChI=1S/C72H74N8O12/c1-41(2)89-65(85)37-77(45(9)81)53-21-13-17-49(33-53)69-57-25-27-59(73-57)70(50-18-14-22-54(34-50)78(46(10)82)38-66(86)90-42(3)4)61-29-31-63(75-61)72(52-20-16-24-56(36-52)80(48(12)84)40-68(88)92-44(7)8)64-32-30-62(76-64)71(60-28-26-58(69)74-60)51-19-15-23-55(35-51)79(47(11)83)39-67(87)91-43(5)6/h13-36,41-44,73,76H,37-40H2,1-12H3. The number of carbonyl (C=O) groups is 8. The first-order valence-corrected chi connectivity index (χ1v) is 30.3. The fourth-order valence-electron chi connectivity index (χ4n) is 11.0. The van der Waals surface area contributed by atoms with Crippen LogP contribution < -0.4 is 19.6 Å². The maximum Gasteiger partial charge on any atom is 0.326 e. The molecule has 4 aromatic carbocycles. The molecule has 0 fully saturated rings. The van der Waals surface area contributed by atoms with Gasteiger partial charge in [0, 0.05) is 94.8 Å². The molecule has 0 saturated carbocycles. The number of ether oxygens (including phenoxy) is 4. The van der Waals surface area contributed by atoms with E-state index in [0.717, 1.165) is 0 Å². The summed E-state index contributed by atoms with van der Waals surface area (Å²) in [7, 11) is 0. The van der Waals surface area contributed by atoms with Crippen molar-refractivity contribution in [2.24, 2.45) is 0 Å². The molecule has 5 heterocycles. The molecular weight excluding hydrogens is 1170 g/mol. The zero-order valence-corrected chi connectivity index (χ0v) is 53.6. The Hall–Kier alpha value is -10.8. The summed E-state index contributed by atoms with van der Waals surface area (Å²) in [6.45, 7) is 17.9. The highest BCUT2D eigenvalue weighted by atomic mass is 16.6. The molecular formula is C72H74N8O12. The molecule has 0 aliphatic carbocycles. The Kier molecular flexibility index (Phi) is 20.3. The molecule has 92 heavy (non-hydrogen) atoms. The van der Waals surface area contributed by atoms with Crippen molar-refractivity contribution in [3.8, 4) is 44.5 Å². The first-order chi connectivity index (χ1) is 43.8. The van der Waals surface area contributed by atoms with E-state index >= 15 is 0 Å². The molecule has 2 aliphatic rings. The summed E-state index contributed by atoms with van der Waals surface area (Å²) >= 11 is 0. The first-order valence-electron chi connectivity index (χ1n) is 30.3. The number of nitrogens with zero attached hydrogens (tertiary/aromatic N) is 6. The van der Waals surface area contributed by atoms with Gasteiger partial charge in [0.2, 0.25) is 23.6 Å². The lowest BCUT2D eigenvalue weighted by Gasteiger charge is -2.22. The molecule has 8 bridgehead atoms. The number of fused-ring (bicyclic) bond motifs is 8. The van der Waals surface area contributed by atoms with Gasteiger partial charge in [0.1, 0.15) is 26.2 Å². The smallest absolute Gasteiger partial charge is 0.326 e. The monoisotopic (exact) mass is 1240 g/mol. The average molecular weight is 1240 g/mol. The number of carbonyl (C=O) groups excluding carboxylic acids is 8. The van der Waals surface area contributed by atoms with Crippen LogP contribution in [0.25, 0.3) is 90.9 Å². The van der Waals surface area contributed by atoms with Gasteiger partial charge in [-0.15, -0.1) is 0 Å². The van der Waals surface area contributed by atoms with Gasteiger partial charge in [0.05, 0.1) is 47.2 Å². The van der Waals surface area contributed by atoms with E-state index in [9.17, 15) is 38.4 Å². The Morgan fingerprint density at radius 1 is 0.337 bits per heavy atom. The highest BCUT2D eigenvalue weighted by Crippen LogP contribution is 2.41. The summed E-state index contributed by atoms with van der Waals surface area (Å²) in [4.78, 5) is 130. The molecule has 474 valence electrons. The number of aromatic amines is 2. The Balaban J connectivity index is 1.40. The van der Waals surface area contributed by atoms with Gasteiger partial charge < -0.3 is 48.5 Å². The third-order valence-corrected chi connectivity index (χ3v) is 14.7. The van der Waals surface area contributed by atoms with E-state index < -0.39 is 71.9 Å². The topological polar surface area (TPSA) is 244 Å². The minimum atomic E-state index is -0.590. The van der Waals surface area contributed by atoms with Crippen LogP contribution in [0.2, 0.25) is 0 Å². The number of H-pyrrole nitrogens is 2. The van der Waals surface area contributed by atoms with E-state index in [2.05, 4.69) is 9.97 Å². The lowest BCUT2D eigenvalue weighted by molar-refractivity contribution is -0.147. The van der Waals surface area contributed by atoms with Crippen LogP contribution in [0, 0.1) is 0 Å². The normalized spacial score (nSPS) is 11.7. The van der Waals surface area contributed by atoms with Crippen molar-refractivity contribution in [3.05, 3.63) is 144 Å². The fraction of sp³-hybridized carbons (Fsp3) is 0.278. The van der Waals surface area contributed by atoms with Gasteiger partial charge in [-0.1, -0.05) is 48.5 Å². The summed E-state index contributed by atoms with van der Waals surface area (Å²) in [6, 6.07) is 36.4. The Bertz CT molecular complexity index is 3770. The van der Waals surface area contributed by atoms with E-state index in [0.29, 0.717) is 112 Å². The van der Waals surface area contributed by atoms with Crippen molar-refractivity contribution in [1.82, 2.24) is 19.9 Å². The molecule has 20 nitrogen and oxygen atoms in total. The highest BCUT2D eigenvalue weighted by molar-refractivity contribution is 6.05. The van der Waals surface area contributed by atoms with Crippen molar-refractivity contribution >= 4 is 117 Å². The van der Waals surface area contributed by atoms with E-state index in [1.807, 2.05) is 72.8 Å². The molecule has 2 aliphatic heterocycles. The second-order valence-electron chi connectivity index (χ2n) is 23.3. The van der Waals surface area contributed by atoms with Crippen molar-refractivity contribution in [2.45, 2.75) is 108 Å². The van der Waals surface area contributed by atoms with Crippen LogP contribution in [0.1, 0.15) is 106 Å². The third-order valence-electron chi connectivity index (χ3n) is 14.7. The molecule has 0 saturated heterocycles. The minimum Gasteiger partial charge on any atom is -0.462 e. The molecule has 0 atom stereocenters. The quantitative estimate of drug-likeness (QED) is 0.0533. The third kappa shape index (κ3) is 15.4. The summed E-state index contributed by atoms with van der Waals surface area (Å²) in [5.74, 6) is -3.95. The zero-order chi connectivity index (χ0) is 66.2. The van der Waals surface area contributed by atoms with Gasteiger partial charge in [0.25, 0.3) is 0 Å².